The van der Waals surface area contributed by atoms with Crippen LogP contribution < -0.4 is 5.73 Å². The third kappa shape index (κ3) is 2.33. The van der Waals surface area contributed by atoms with Gasteiger partial charge in [0.05, 0.1) is 12.9 Å². The molecule has 102 valence electrons. The van der Waals surface area contributed by atoms with Crippen LogP contribution in [0.3, 0.4) is 0 Å². The molecule has 3 heteroatoms. The van der Waals surface area contributed by atoms with E-state index in [-0.39, 0.29) is 0 Å². The maximum Gasteiger partial charge on any atom is 0.134 e. The summed E-state index contributed by atoms with van der Waals surface area (Å²) < 4.78 is 10.7. The van der Waals surface area contributed by atoms with E-state index >= 15 is 0 Å². The van der Waals surface area contributed by atoms with E-state index in [0.29, 0.717) is 13.2 Å². The molecule has 0 saturated heterocycles. The average molecular weight is 267 g/mol. The Hall–Kier alpha value is -2.10. The van der Waals surface area contributed by atoms with E-state index in [1.807, 2.05) is 18.2 Å². The van der Waals surface area contributed by atoms with E-state index in [4.69, 9.17) is 14.9 Å². The minimum atomic E-state index is 0.552. The minimum absolute atomic E-state index is 0.552. The van der Waals surface area contributed by atoms with E-state index < -0.39 is 0 Å². The molecular weight excluding hydrogens is 250 g/mol. The fourth-order valence-corrected chi connectivity index (χ4v) is 2.41. The highest BCUT2D eigenvalue weighted by Gasteiger charge is 2.07. The quantitative estimate of drug-likeness (QED) is 0.784. The molecule has 3 rings (SSSR count). The number of methoxy groups -OCH3 is 1. The maximum atomic E-state index is 5.70. The molecule has 0 amide bonds. The molecule has 3 nitrogen and oxygen atoms in total. The molecule has 0 aliphatic carbocycles. The first-order chi connectivity index (χ1) is 9.81. The summed E-state index contributed by atoms with van der Waals surface area (Å²) in [5.41, 5.74) is 11.1. The summed E-state index contributed by atoms with van der Waals surface area (Å²) in [5, 5.41) is 1.10. The summed E-state index contributed by atoms with van der Waals surface area (Å²) >= 11 is 0. The van der Waals surface area contributed by atoms with Crippen molar-refractivity contribution in [2.24, 2.45) is 5.73 Å². The first-order valence-corrected chi connectivity index (χ1v) is 6.60. The van der Waals surface area contributed by atoms with Crippen LogP contribution in [0.15, 0.2) is 53.1 Å². The van der Waals surface area contributed by atoms with Crippen molar-refractivity contribution in [1.82, 2.24) is 0 Å². The predicted octanol–water partition coefficient (Wildman–Crippen LogP) is 3.70. The number of hydrogen-bond donors (Lipinski definition) is 1. The molecule has 2 aromatic carbocycles. The fraction of sp³-hybridized carbons (Fsp3) is 0.176. The second-order valence-corrected chi connectivity index (χ2v) is 4.81. The second kappa shape index (κ2) is 5.49. The summed E-state index contributed by atoms with van der Waals surface area (Å²) in [4.78, 5) is 0. The van der Waals surface area contributed by atoms with Gasteiger partial charge in [0.15, 0.2) is 0 Å². The molecular formula is C17H17NO2. The molecule has 3 aromatic rings. The Morgan fingerprint density at radius 2 is 1.95 bits per heavy atom. The zero-order chi connectivity index (χ0) is 13.9. The van der Waals surface area contributed by atoms with E-state index in [0.717, 1.165) is 27.7 Å². The lowest BCUT2D eigenvalue weighted by Gasteiger charge is -2.05. The van der Waals surface area contributed by atoms with Crippen molar-refractivity contribution in [3.8, 4) is 11.1 Å². The van der Waals surface area contributed by atoms with E-state index in [1.54, 1.807) is 13.4 Å². The average Bonchev–Trinajstić information content (AvgIpc) is 2.90. The van der Waals surface area contributed by atoms with Crippen LogP contribution in [0.25, 0.3) is 22.1 Å². The van der Waals surface area contributed by atoms with E-state index in [1.165, 1.54) is 5.56 Å². The molecule has 0 saturated carbocycles. The van der Waals surface area contributed by atoms with Crippen LogP contribution >= 0.6 is 0 Å². The minimum Gasteiger partial charge on any atom is -0.464 e. The highest BCUT2D eigenvalue weighted by Crippen LogP contribution is 2.28. The normalized spacial score (nSPS) is 11.1. The van der Waals surface area contributed by atoms with Crippen molar-refractivity contribution in [3.05, 3.63) is 59.9 Å². The highest BCUT2D eigenvalue weighted by atomic mass is 16.5. The molecule has 0 aliphatic heterocycles. The molecule has 0 spiro atoms. The Balaban J connectivity index is 2.09. The predicted molar refractivity (Wildman–Crippen MR) is 80.3 cm³/mol. The number of ether oxygens (including phenoxy) is 1. The van der Waals surface area contributed by atoms with Crippen molar-refractivity contribution in [3.63, 3.8) is 0 Å². The number of benzene rings is 2. The van der Waals surface area contributed by atoms with Crippen LogP contribution in [0.1, 0.15) is 11.1 Å². The molecule has 0 unspecified atom stereocenters. The van der Waals surface area contributed by atoms with Gasteiger partial charge >= 0.3 is 0 Å². The standard InChI is InChI=1S/C17H17NO2/c1-19-10-15-11-20-17-6-5-14(8-16(15)17)13-4-2-3-12(7-13)9-18/h2-8,11H,9-10,18H2,1H3. The Morgan fingerprint density at radius 1 is 1.10 bits per heavy atom. The van der Waals surface area contributed by atoms with Gasteiger partial charge in [-0.15, -0.1) is 0 Å². The summed E-state index contributed by atoms with van der Waals surface area (Å²) in [6.45, 7) is 1.11. The fourth-order valence-electron chi connectivity index (χ4n) is 2.41. The molecule has 20 heavy (non-hydrogen) atoms. The van der Waals surface area contributed by atoms with Gasteiger partial charge in [0.1, 0.15) is 5.58 Å². The molecule has 0 fully saturated rings. The Morgan fingerprint density at radius 3 is 2.75 bits per heavy atom. The van der Waals surface area contributed by atoms with Crippen molar-refractivity contribution < 1.29 is 9.15 Å². The Kier molecular flexibility index (Phi) is 3.54. The van der Waals surface area contributed by atoms with Crippen LogP contribution in [0, 0.1) is 0 Å². The van der Waals surface area contributed by atoms with Gasteiger partial charge in [-0.25, -0.2) is 0 Å². The largest absolute Gasteiger partial charge is 0.464 e. The summed E-state index contributed by atoms with van der Waals surface area (Å²) in [6, 6.07) is 14.5. The molecule has 0 radical (unpaired) electrons. The van der Waals surface area contributed by atoms with Gasteiger partial charge in [-0.1, -0.05) is 24.3 Å². The molecule has 0 atom stereocenters. The molecule has 0 aliphatic rings. The van der Waals surface area contributed by atoms with Gasteiger partial charge < -0.3 is 14.9 Å². The Bertz CT molecular complexity index is 731. The number of furan rings is 1. The smallest absolute Gasteiger partial charge is 0.134 e. The Labute approximate surface area is 118 Å². The number of fused-ring (bicyclic) bond motifs is 1. The number of nitrogens with two attached hydrogens (primary N) is 1. The third-order valence-electron chi connectivity index (χ3n) is 3.45. The lowest BCUT2D eigenvalue weighted by molar-refractivity contribution is 0.185. The molecule has 2 N–H and O–H groups in total. The zero-order valence-electron chi connectivity index (χ0n) is 11.4. The lowest BCUT2D eigenvalue weighted by Crippen LogP contribution is -1.95. The first-order valence-electron chi connectivity index (χ1n) is 6.60. The van der Waals surface area contributed by atoms with E-state index in [2.05, 4.69) is 24.3 Å². The van der Waals surface area contributed by atoms with Gasteiger partial charge in [0.2, 0.25) is 0 Å². The van der Waals surface area contributed by atoms with Crippen molar-refractivity contribution in [2.75, 3.05) is 7.11 Å². The second-order valence-electron chi connectivity index (χ2n) is 4.81. The third-order valence-corrected chi connectivity index (χ3v) is 3.45. The lowest BCUT2D eigenvalue weighted by atomic mass is 10.0. The van der Waals surface area contributed by atoms with Gasteiger partial charge in [-0.05, 0) is 34.9 Å². The van der Waals surface area contributed by atoms with Crippen LogP contribution in [0.2, 0.25) is 0 Å². The van der Waals surface area contributed by atoms with Crippen LogP contribution in [0.5, 0.6) is 0 Å². The molecule has 1 heterocycles. The van der Waals surface area contributed by atoms with Crippen LogP contribution in [-0.4, -0.2) is 7.11 Å². The van der Waals surface area contributed by atoms with Crippen molar-refractivity contribution in [2.45, 2.75) is 13.2 Å². The maximum absolute atomic E-state index is 5.70. The summed E-state index contributed by atoms with van der Waals surface area (Å²) in [5.74, 6) is 0. The van der Waals surface area contributed by atoms with Crippen molar-refractivity contribution in [1.29, 1.82) is 0 Å². The molecule has 0 bridgehead atoms. The number of hydrogen-bond acceptors (Lipinski definition) is 3. The van der Waals surface area contributed by atoms with Crippen molar-refractivity contribution >= 4 is 11.0 Å². The van der Waals surface area contributed by atoms with Gasteiger partial charge in [-0.3, -0.25) is 0 Å². The van der Waals surface area contributed by atoms with Crippen LogP contribution in [0.4, 0.5) is 0 Å². The topological polar surface area (TPSA) is 48.4 Å². The van der Waals surface area contributed by atoms with Gasteiger partial charge in [0.25, 0.3) is 0 Å². The monoisotopic (exact) mass is 267 g/mol. The highest BCUT2D eigenvalue weighted by molar-refractivity contribution is 5.86. The SMILES string of the molecule is COCc1coc2ccc(-c3cccc(CN)c3)cc12. The van der Waals surface area contributed by atoms with Gasteiger partial charge in [-0.2, -0.15) is 0 Å². The van der Waals surface area contributed by atoms with E-state index in [9.17, 15) is 0 Å². The summed E-state index contributed by atoms with van der Waals surface area (Å²) in [6.07, 6.45) is 1.76. The first kappa shape index (κ1) is 12.9. The van der Waals surface area contributed by atoms with Gasteiger partial charge in [0, 0.05) is 24.6 Å². The number of rotatable bonds is 4. The van der Waals surface area contributed by atoms with Crippen LogP contribution in [-0.2, 0) is 17.9 Å². The zero-order valence-corrected chi connectivity index (χ0v) is 11.4. The molecule has 1 aromatic heterocycles. The summed E-state index contributed by atoms with van der Waals surface area (Å²) in [7, 11) is 1.69.